The number of carbonyl (C=O) groups excluding carboxylic acids is 1. The highest BCUT2D eigenvalue weighted by Crippen LogP contribution is 2.49. The third kappa shape index (κ3) is 5.76. The van der Waals surface area contributed by atoms with Gasteiger partial charge < -0.3 is 14.4 Å². The first-order chi connectivity index (χ1) is 10.6. The van der Waals surface area contributed by atoms with E-state index in [-0.39, 0.29) is 19.3 Å². The summed E-state index contributed by atoms with van der Waals surface area (Å²) in [6.45, 7) is 3.37. The smallest absolute Gasteiger partial charge is 0.317 e. The molecule has 0 heterocycles. The minimum Gasteiger partial charge on any atom is -0.317 e. The number of rotatable bonds is 7. The van der Waals surface area contributed by atoms with Crippen LogP contribution in [-0.2, 0) is 18.5 Å². The Morgan fingerprint density at radius 1 is 1.27 bits per heavy atom. The normalized spacial score (nSPS) is 16.9. The van der Waals surface area contributed by atoms with Crippen LogP contribution in [0.5, 0.6) is 0 Å². The molecule has 0 aromatic carbocycles. The summed E-state index contributed by atoms with van der Waals surface area (Å²) < 4.78 is 22.3. The number of oxime groups is 1. The predicted octanol–water partition coefficient (Wildman–Crippen LogP) is 3.15. The Balaban J connectivity index is 2.64. The average molecular weight is 331 g/mol. The molecule has 1 aliphatic rings. The zero-order chi connectivity index (χ0) is 16.4. The van der Waals surface area contributed by atoms with Crippen molar-refractivity contribution in [3.8, 4) is 6.07 Å². The summed E-state index contributed by atoms with van der Waals surface area (Å²) in [7, 11) is -3.84. The van der Waals surface area contributed by atoms with Gasteiger partial charge in [0.1, 0.15) is 6.07 Å². The van der Waals surface area contributed by atoms with Crippen molar-refractivity contribution >= 4 is 19.1 Å². The Hall–Kier alpha value is -1.42. The highest BCUT2D eigenvalue weighted by molar-refractivity contribution is 7.73. The van der Waals surface area contributed by atoms with Gasteiger partial charge in [-0.3, -0.25) is 9.40 Å². The van der Waals surface area contributed by atoms with Gasteiger partial charge >= 0.3 is 13.7 Å². The lowest BCUT2D eigenvalue weighted by Crippen LogP contribution is -2.36. The molecule has 1 rings (SSSR count). The summed E-state index contributed by atoms with van der Waals surface area (Å²) in [5.74, 6) is 0. The molecular formula is C13H22N3O5P. The largest absolute Gasteiger partial charge is 0.433 e. The van der Waals surface area contributed by atoms with Crippen molar-refractivity contribution in [2.24, 2.45) is 5.16 Å². The Morgan fingerprint density at radius 2 is 1.86 bits per heavy atom. The van der Waals surface area contributed by atoms with E-state index in [0.29, 0.717) is 0 Å². The number of nitrogens with zero attached hydrogens (tertiary/aromatic N) is 2. The van der Waals surface area contributed by atoms with E-state index in [0.717, 1.165) is 32.1 Å². The molecule has 124 valence electrons. The van der Waals surface area contributed by atoms with Gasteiger partial charge in [0.2, 0.25) is 0 Å². The topological polar surface area (TPSA) is 110 Å². The van der Waals surface area contributed by atoms with Crippen molar-refractivity contribution in [2.75, 3.05) is 13.2 Å². The van der Waals surface area contributed by atoms with Crippen LogP contribution in [0.2, 0.25) is 0 Å². The minimum atomic E-state index is -3.84. The van der Waals surface area contributed by atoms with E-state index < -0.39 is 19.1 Å². The maximum atomic E-state index is 12.3. The van der Waals surface area contributed by atoms with Crippen molar-refractivity contribution < 1.29 is 23.2 Å². The number of amides is 1. The summed E-state index contributed by atoms with van der Waals surface area (Å²) in [5.41, 5.74) is -0.574. The van der Waals surface area contributed by atoms with Gasteiger partial charge in [-0.2, -0.15) is 5.26 Å². The lowest BCUT2D eigenvalue weighted by Gasteiger charge is -2.21. The molecule has 0 atom stereocenters. The molecule has 0 aliphatic heterocycles. The van der Waals surface area contributed by atoms with Gasteiger partial charge in [-0.05, 0) is 26.7 Å². The van der Waals surface area contributed by atoms with Crippen molar-refractivity contribution in [2.45, 2.75) is 52.0 Å². The molecule has 0 saturated heterocycles. The molecule has 0 bridgehead atoms. The van der Waals surface area contributed by atoms with Crippen molar-refractivity contribution in [1.29, 1.82) is 5.26 Å². The second kappa shape index (κ2) is 9.57. The summed E-state index contributed by atoms with van der Waals surface area (Å²) >= 11 is 0. The number of carbonyl (C=O) groups is 1. The van der Waals surface area contributed by atoms with Crippen LogP contribution in [0.15, 0.2) is 5.16 Å². The highest BCUT2D eigenvalue weighted by atomic mass is 31.2. The molecule has 1 amide bonds. The molecule has 0 aromatic heterocycles. The van der Waals surface area contributed by atoms with Crippen LogP contribution in [0.4, 0.5) is 4.79 Å². The van der Waals surface area contributed by atoms with Crippen LogP contribution in [-0.4, -0.2) is 30.8 Å². The van der Waals surface area contributed by atoms with E-state index in [9.17, 15) is 9.36 Å². The molecule has 1 fully saturated rings. The first-order valence-corrected chi connectivity index (χ1v) is 8.95. The van der Waals surface area contributed by atoms with Gasteiger partial charge in [-0.15, -0.1) is 0 Å². The molecule has 0 radical (unpaired) electrons. The minimum absolute atomic E-state index is 0.0487. The van der Waals surface area contributed by atoms with Crippen LogP contribution < -0.4 is 5.32 Å². The molecule has 1 saturated carbocycles. The highest BCUT2D eigenvalue weighted by Gasteiger charge is 2.33. The van der Waals surface area contributed by atoms with Gasteiger partial charge in [-0.25, -0.2) is 4.79 Å². The Bertz CT molecular complexity index is 473. The Morgan fingerprint density at radius 3 is 2.36 bits per heavy atom. The van der Waals surface area contributed by atoms with Crippen molar-refractivity contribution in [3.63, 3.8) is 0 Å². The Kier molecular flexibility index (Phi) is 8.10. The zero-order valence-corrected chi connectivity index (χ0v) is 13.8. The van der Waals surface area contributed by atoms with E-state index in [1.54, 1.807) is 19.9 Å². The molecule has 1 N–H and O–H groups in total. The van der Waals surface area contributed by atoms with E-state index in [1.165, 1.54) is 0 Å². The summed E-state index contributed by atoms with van der Waals surface area (Å²) in [5, 5.41) is 15.0. The number of hydrogen-bond donors (Lipinski definition) is 1. The average Bonchev–Trinajstić information content (AvgIpc) is 2.49. The van der Waals surface area contributed by atoms with Gasteiger partial charge in [0, 0.05) is 6.04 Å². The first-order valence-electron chi connectivity index (χ1n) is 7.41. The van der Waals surface area contributed by atoms with Crippen molar-refractivity contribution in [3.05, 3.63) is 0 Å². The van der Waals surface area contributed by atoms with E-state index in [1.807, 2.05) is 0 Å². The van der Waals surface area contributed by atoms with Gasteiger partial charge in [0.15, 0.2) is 0 Å². The standard InChI is InChI=1S/C13H22N3O5P/c1-3-19-22(18,20-4-2)12(10-14)16-21-13(17)15-11-8-6-5-7-9-11/h11H,3-9H2,1-2H3,(H,15,17)/b16-12-. The van der Waals surface area contributed by atoms with E-state index in [2.05, 4.69) is 15.3 Å². The lowest BCUT2D eigenvalue weighted by molar-refractivity contribution is 0.143. The summed E-state index contributed by atoms with van der Waals surface area (Å²) in [6, 6.07) is 1.65. The van der Waals surface area contributed by atoms with Crippen LogP contribution >= 0.6 is 7.60 Å². The predicted molar refractivity (Wildman–Crippen MR) is 80.4 cm³/mol. The number of nitrogens with one attached hydrogen (secondary N) is 1. The monoisotopic (exact) mass is 331 g/mol. The van der Waals surface area contributed by atoms with Gasteiger partial charge in [-0.1, -0.05) is 24.4 Å². The molecule has 8 nitrogen and oxygen atoms in total. The second-order valence-electron chi connectivity index (χ2n) is 4.72. The zero-order valence-electron chi connectivity index (χ0n) is 12.9. The molecule has 0 aromatic rings. The number of nitriles is 1. The third-order valence-electron chi connectivity index (χ3n) is 3.10. The molecule has 9 heteroatoms. The maximum absolute atomic E-state index is 12.3. The fraction of sp³-hybridized carbons (Fsp3) is 0.769. The van der Waals surface area contributed by atoms with Crippen LogP contribution in [0, 0.1) is 11.3 Å². The fourth-order valence-electron chi connectivity index (χ4n) is 2.16. The van der Waals surface area contributed by atoms with E-state index >= 15 is 0 Å². The fourth-order valence-corrected chi connectivity index (χ4v) is 3.42. The SMILES string of the molecule is CCOP(=O)(OCC)/C(C#N)=N\OC(=O)NC1CCCCC1. The molecular weight excluding hydrogens is 309 g/mol. The van der Waals surface area contributed by atoms with Crippen molar-refractivity contribution in [1.82, 2.24) is 5.32 Å². The summed E-state index contributed by atoms with van der Waals surface area (Å²) in [4.78, 5) is 16.3. The molecule has 0 unspecified atom stereocenters. The number of hydrogen-bond acceptors (Lipinski definition) is 7. The van der Waals surface area contributed by atoms with Crippen LogP contribution in [0.25, 0.3) is 0 Å². The quantitative estimate of drug-likeness (QED) is 0.332. The maximum Gasteiger partial charge on any atom is 0.433 e. The van der Waals surface area contributed by atoms with E-state index in [4.69, 9.17) is 14.3 Å². The van der Waals surface area contributed by atoms with Gasteiger partial charge in [0.05, 0.1) is 13.2 Å². The second-order valence-corrected chi connectivity index (χ2v) is 6.65. The summed E-state index contributed by atoms with van der Waals surface area (Å²) in [6.07, 6.45) is 4.28. The lowest BCUT2D eigenvalue weighted by atomic mass is 9.96. The molecule has 0 spiro atoms. The van der Waals surface area contributed by atoms with Crippen LogP contribution in [0.3, 0.4) is 0 Å². The third-order valence-corrected chi connectivity index (χ3v) is 5.00. The molecule has 22 heavy (non-hydrogen) atoms. The van der Waals surface area contributed by atoms with Crippen LogP contribution in [0.1, 0.15) is 46.0 Å². The first kappa shape index (κ1) is 18.6. The molecule has 1 aliphatic carbocycles. The Labute approximate surface area is 130 Å². The van der Waals surface area contributed by atoms with Gasteiger partial charge in [0.25, 0.3) is 5.45 Å².